The van der Waals surface area contributed by atoms with Gasteiger partial charge in [0.2, 0.25) is 0 Å². The number of hydrogen-bond acceptors (Lipinski definition) is 1. The third-order valence-corrected chi connectivity index (χ3v) is 4.94. The highest BCUT2D eigenvalue weighted by atomic mass is 14.6. The van der Waals surface area contributed by atoms with Gasteiger partial charge < -0.3 is 0 Å². The quantitative estimate of drug-likeness (QED) is 0.377. The second-order valence-corrected chi connectivity index (χ2v) is 7.12. The van der Waals surface area contributed by atoms with Crippen LogP contribution in [0.3, 0.4) is 0 Å². The molecule has 4 aromatic rings. The van der Waals surface area contributed by atoms with Crippen LogP contribution in [0, 0.1) is 13.8 Å². The van der Waals surface area contributed by atoms with Crippen LogP contribution in [0.4, 0.5) is 0 Å². The number of aryl methyl sites for hydroxylation is 2. The fraction of sp³-hybridized carbons (Fsp3) is 0.115. The summed E-state index contributed by atoms with van der Waals surface area (Å²) in [5.74, 6) is 0. The predicted octanol–water partition coefficient (Wildman–Crippen LogP) is 6.63. The van der Waals surface area contributed by atoms with E-state index in [0.29, 0.717) is 0 Å². The van der Waals surface area contributed by atoms with Crippen LogP contribution < -0.4 is 0 Å². The van der Waals surface area contributed by atoms with Gasteiger partial charge in [-0.15, -0.1) is 0 Å². The minimum Gasteiger partial charge on any atom is -0.256 e. The first-order valence-corrected chi connectivity index (χ1v) is 9.36. The minimum absolute atomic E-state index is 0.852. The molecule has 0 bridgehead atoms. The Bertz CT molecular complexity index is 1080. The van der Waals surface area contributed by atoms with Crippen molar-refractivity contribution >= 4 is 22.6 Å². The number of para-hydroxylation sites is 1. The van der Waals surface area contributed by atoms with Crippen LogP contribution in [0.15, 0.2) is 85.1 Å². The monoisotopic (exact) mass is 349 g/mol. The van der Waals surface area contributed by atoms with Crippen molar-refractivity contribution in [3.8, 4) is 0 Å². The maximum Gasteiger partial charge on any atom is 0.0737 e. The van der Waals surface area contributed by atoms with Gasteiger partial charge in [-0.25, -0.2) is 0 Å². The summed E-state index contributed by atoms with van der Waals surface area (Å²) < 4.78 is 0. The Hall–Kier alpha value is -3.19. The SMILES string of the molecule is Cc1ccc(/C=C(/Cc2cccc3cccnc23)c2ccc(C)cc2)cc1. The van der Waals surface area contributed by atoms with Crippen molar-refractivity contribution in [3.63, 3.8) is 0 Å². The number of allylic oxidation sites excluding steroid dienone is 1. The lowest BCUT2D eigenvalue weighted by atomic mass is 9.94. The molecule has 0 atom stereocenters. The molecule has 27 heavy (non-hydrogen) atoms. The summed E-state index contributed by atoms with van der Waals surface area (Å²) in [5, 5.41) is 1.19. The minimum atomic E-state index is 0.852. The van der Waals surface area contributed by atoms with E-state index in [0.717, 1.165) is 11.9 Å². The molecule has 0 spiro atoms. The molecule has 0 saturated carbocycles. The van der Waals surface area contributed by atoms with E-state index in [1.54, 1.807) is 0 Å². The van der Waals surface area contributed by atoms with E-state index in [2.05, 4.69) is 97.7 Å². The third kappa shape index (κ3) is 3.98. The summed E-state index contributed by atoms with van der Waals surface area (Å²) in [6, 6.07) is 28.1. The summed E-state index contributed by atoms with van der Waals surface area (Å²) in [6.45, 7) is 4.25. The molecular formula is C26H23N. The lowest BCUT2D eigenvalue weighted by Crippen LogP contribution is -1.94. The highest BCUT2D eigenvalue weighted by molar-refractivity contribution is 5.87. The number of pyridine rings is 1. The Morgan fingerprint density at radius 1 is 0.778 bits per heavy atom. The van der Waals surface area contributed by atoms with Gasteiger partial charge in [-0.05, 0) is 42.2 Å². The van der Waals surface area contributed by atoms with Crippen molar-refractivity contribution in [3.05, 3.63) is 113 Å². The zero-order valence-corrected chi connectivity index (χ0v) is 15.8. The topological polar surface area (TPSA) is 12.9 Å². The molecule has 1 heterocycles. The molecule has 0 aliphatic carbocycles. The van der Waals surface area contributed by atoms with Crippen LogP contribution >= 0.6 is 0 Å². The highest BCUT2D eigenvalue weighted by Gasteiger charge is 2.08. The molecule has 3 aromatic carbocycles. The van der Waals surface area contributed by atoms with Crippen LogP contribution in [-0.2, 0) is 6.42 Å². The molecule has 0 aliphatic heterocycles. The van der Waals surface area contributed by atoms with Gasteiger partial charge in [0.15, 0.2) is 0 Å². The number of aromatic nitrogens is 1. The van der Waals surface area contributed by atoms with Crippen molar-refractivity contribution in [2.75, 3.05) is 0 Å². The van der Waals surface area contributed by atoms with E-state index in [4.69, 9.17) is 0 Å². The van der Waals surface area contributed by atoms with Crippen molar-refractivity contribution in [2.45, 2.75) is 20.3 Å². The molecule has 0 aliphatic rings. The second-order valence-electron chi connectivity index (χ2n) is 7.12. The van der Waals surface area contributed by atoms with E-state index in [-0.39, 0.29) is 0 Å². The number of rotatable bonds is 4. The molecule has 1 aromatic heterocycles. The third-order valence-electron chi connectivity index (χ3n) is 4.94. The van der Waals surface area contributed by atoms with Crippen molar-refractivity contribution in [1.29, 1.82) is 0 Å². The average Bonchev–Trinajstić information content (AvgIpc) is 2.70. The number of hydrogen-bond donors (Lipinski definition) is 0. The van der Waals surface area contributed by atoms with E-state index in [9.17, 15) is 0 Å². The van der Waals surface area contributed by atoms with Crippen LogP contribution in [0.25, 0.3) is 22.6 Å². The molecule has 0 saturated heterocycles. The molecule has 4 rings (SSSR count). The van der Waals surface area contributed by atoms with Crippen LogP contribution in [0.5, 0.6) is 0 Å². The number of fused-ring (bicyclic) bond motifs is 1. The Kier molecular flexibility index (Phi) is 4.84. The molecule has 0 unspecified atom stereocenters. The van der Waals surface area contributed by atoms with Crippen molar-refractivity contribution in [1.82, 2.24) is 4.98 Å². The molecule has 0 amide bonds. The standard InChI is InChI=1S/C26H23N/c1-19-8-12-21(13-9-19)17-25(22-14-10-20(2)11-15-22)18-24-6-3-5-23-7-4-16-27-26(23)24/h3-17H,18H2,1-2H3/b25-17-. The van der Waals surface area contributed by atoms with Gasteiger partial charge in [0.25, 0.3) is 0 Å². The van der Waals surface area contributed by atoms with Crippen molar-refractivity contribution < 1.29 is 0 Å². The van der Waals surface area contributed by atoms with Gasteiger partial charge in [-0.3, -0.25) is 4.98 Å². The first-order chi connectivity index (χ1) is 13.2. The van der Waals surface area contributed by atoms with Gasteiger partial charge in [-0.2, -0.15) is 0 Å². The average molecular weight is 349 g/mol. The first-order valence-electron chi connectivity index (χ1n) is 9.36. The van der Waals surface area contributed by atoms with Gasteiger partial charge in [0, 0.05) is 18.0 Å². The zero-order chi connectivity index (χ0) is 18.6. The Morgan fingerprint density at radius 2 is 1.44 bits per heavy atom. The fourth-order valence-corrected chi connectivity index (χ4v) is 3.38. The Morgan fingerprint density at radius 3 is 2.19 bits per heavy atom. The molecule has 0 radical (unpaired) electrons. The molecular weight excluding hydrogens is 326 g/mol. The van der Waals surface area contributed by atoms with E-state index >= 15 is 0 Å². The summed E-state index contributed by atoms with van der Waals surface area (Å²) >= 11 is 0. The maximum absolute atomic E-state index is 4.63. The summed E-state index contributed by atoms with van der Waals surface area (Å²) in [7, 11) is 0. The fourth-order valence-electron chi connectivity index (χ4n) is 3.38. The van der Waals surface area contributed by atoms with Crippen LogP contribution in [0.2, 0.25) is 0 Å². The van der Waals surface area contributed by atoms with Gasteiger partial charge in [0.05, 0.1) is 5.52 Å². The largest absolute Gasteiger partial charge is 0.256 e. The van der Waals surface area contributed by atoms with Gasteiger partial charge in [-0.1, -0.05) is 90.0 Å². The van der Waals surface area contributed by atoms with Crippen LogP contribution in [-0.4, -0.2) is 4.98 Å². The summed E-state index contributed by atoms with van der Waals surface area (Å²) in [4.78, 5) is 4.63. The lowest BCUT2D eigenvalue weighted by Gasteiger charge is -2.11. The van der Waals surface area contributed by atoms with Gasteiger partial charge >= 0.3 is 0 Å². The lowest BCUT2D eigenvalue weighted by molar-refractivity contribution is 1.27. The molecule has 1 heteroatoms. The second kappa shape index (κ2) is 7.59. The number of nitrogens with zero attached hydrogens (tertiary/aromatic N) is 1. The highest BCUT2D eigenvalue weighted by Crippen LogP contribution is 2.26. The maximum atomic E-state index is 4.63. The molecule has 132 valence electrons. The normalized spacial score (nSPS) is 11.7. The summed E-state index contributed by atoms with van der Waals surface area (Å²) in [5.41, 5.74) is 8.69. The summed E-state index contributed by atoms with van der Waals surface area (Å²) in [6.07, 6.45) is 5.03. The number of benzene rings is 3. The van der Waals surface area contributed by atoms with Crippen LogP contribution in [0.1, 0.15) is 27.8 Å². The Balaban J connectivity index is 1.80. The smallest absolute Gasteiger partial charge is 0.0737 e. The first kappa shape index (κ1) is 17.2. The van der Waals surface area contributed by atoms with Gasteiger partial charge in [0.1, 0.15) is 0 Å². The van der Waals surface area contributed by atoms with Crippen molar-refractivity contribution in [2.24, 2.45) is 0 Å². The van der Waals surface area contributed by atoms with E-state index in [1.165, 1.54) is 38.8 Å². The molecule has 0 N–H and O–H groups in total. The molecule has 1 nitrogen and oxygen atoms in total. The van der Waals surface area contributed by atoms with E-state index < -0.39 is 0 Å². The zero-order valence-electron chi connectivity index (χ0n) is 15.8. The Labute approximate surface area is 161 Å². The molecule has 0 fully saturated rings. The predicted molar refractivity (Wildman–Crippen MR) is 116 cm³/mol. The van der Waals surface area contributed by atoms with E-state index in [1.807, 2.05) is 12.3 Å².